The Kier molecular flexibility index (Phi) is 5.00. The summed E-state index contributed by atoms with van der Waals surface area (Å²) in [6.07, 6.45) is 2.12. The number of hydrogen-bond acceptors (Lipinski definition) is 2. The van der Waals surface area contributed by atoms with Crippen LogP contribution in [0.3, 0.4) is 0 Å². The Hall–Kier alpha value is -4.47. The van der Waals surface area contributed by atoms with Crippen LogP contribution in [0.1, 0.15) is 0 Å². The fraction of sp³-hybridized carbons (Fsp3) is 0. The Labute approximate surface area is 213 Å². The first kappa shape index (κ1) is 20.9. The number of benzene rings is 4. The molecule has 170 valence electrons. The summed E-state index contributed by atoms with van der Waals surface area (Å²) in [4.78, 5) is 7.60. The highest BCUT2D eigenvalue weighted by molar-refractivity contribution is 7.21. The molecule has 0 aliphatic carbocycles. The molecule has 2 nitrogen and oxygen atoms in total. The number of aromatic nitrogens is 2. The van der Waals surface area contributed by atoms with Gasteiger partial charge in [-0.3, -0.25) is 4.40 Å². The van der Waals surface area contributed by atoms with Gasteiger partial charge in [0.25, 0.3) is 0 Å². The minimum Gasteiger partial charge on any atom is -0.298 e. The van der Waals surface area contributed by atoms with Crippen LogP contribution in [0.25, 0.3) is 59.8 Å². The van der Waals surface area contributed by atoms with E-state index in [2.05, 4.69) is 138 Å². The molecule has 0 atom stereocenters. The normalized spacial score (nSPS) is 11.3. The van der Waals surface area contributed by atoms with E-state index in [1.54, 1.807) is 0 Å². The van der Waals surface area contributed by atoms with Crippen LogP contribution in [-0.2, 0) is 0 Å². The first-order valence-corrected chi connectivity index (χ1v) is 12.9. The van der Waals surface area contributed by atoms with Crippen LogP contribution < -0.4 is 0 Å². The summed E-state index contributed by atoms with van der Waals surface area (Å²) in [6, 6.07) is 44.9. The molecule has 0 bridgehead atoms. The Balaban J connectivity index is 1.54. The highest BCUT2D eigenvalue weighted by Gasteiger charge is 2.22. The van der Waals surface area contributed by atoms with Gasteiger partial charge in [0.2, 0.25) is 0 Å². The zero-order chi connectivity index (χ0) is 23.9. The Morgan fingerprint density at radius 3 is 1.83 bits per heavy atom. The molecule has 7 aromatic rings. The van der Waals surface area contributed by atoms with Gasteiger partial charge < -0.3 is 0 Å². The molecule has 0 fully saturated rings. The second-order valence-corrected chi connectivity index (χ2v) is 9.84. The average Bonchev–Trinajstić information content (AvgIpc) is 3.53. The first-order valence-electron chi connectivity index (χ1n) is 12.1. The second kappa shape index (κ2) is 8.63. The quantitative estimate of drug-likeness (QED) is 0.246. The average molecular weight is 479 g/mol. The van der Waals surface area contributed by atoms with Gasteiger partial charge >= 0.3 is 0 Å². The van der Waals surface area contributed by atoms with Gasteiger partial charge in [-0.05, 0) is 23.3 Å². The summed E-state index contributed by atoms with van der Waals surface area (Å²) >= 11 is 1.86. The number of fused-ring (bicyclic) bond motifs is 2. The maximum absolute atomic E-state index is 5.08. The fourth-order valence-electron chi connectivity index (χ4n) is 5.03. The van der Waals surface area contributed by atoms with Crippen LogP contribution >= 0.6 is 11.3 Å². The number of pyridine rings is 1. The number of hydrogen-bond donors (Lipinski definition) is 0. The summed E-state index contributed by atoms with van der Waals surface area (Å²) in [5.74, 6) is 0. The highest BCUT2D eigenvalue weighted by Crippen LogP contribution is 2.48. The molecule has 3 heteroatoms. The second-order valence-electron chi connectivity index (χ2n) is 8.82. The van der Waals surface area contributed by atoms with Crippen LogP contribution in [0.5, 0.6) is 0 Å². The smallest absolute Gasteiger partial charge is 0.137 e. The van der Waals surface area contributed by atoms with E-state index in [0.717, 1.165) is 22.6 Å². The largest absolute Gasteiger partial charge is 0.298 e. The van der Waals surface area contributed by atoms with Crippen LogP contribution in [0.2, 0.25) is 0 Å². The zero-order valence-corrected chi connectivity index (χ0v) is 20.3. The Morgan fingerprint density at radius 1 is 0.500 bits per heavy atom. The number of rotatable bonds is 4. The molecule has 0 aliphatic rings. The molecule has 3 heterocycles. The van der Waals surface area contributed by atoms with Crippen molar-refractivity contribution in [3.8, 4) is 43.4 Å². The molecule has 0 amide bonds. The monoisotopic (exact) mass is 478 g/mol. The van der Waals surface area contributed by atoms with E-state index < -0.39 is 0 Å². The standard InChI is InChI=1S/C33H22N2S/c1-3-13-23(14-4-1)25-17-7-8-18-26(25)32-27-19-9-10-20-28(27)33(36-32)31-30(24-15-5-2-6-16-24)34-29-21-11-12-22-35(29)31/h1-22H. The highest BCUT2D eigenvalue weighted by atomic mass is 32.1. The van der Waals surface area contributed by atoms with Crippen molar-refractivity contribution in [2.24, 2.45) is 0 Å². The van der Waals surface area contributed by atoms with Crippen molar-refractivity contribution >= 4 is 27.8 Å². The molecule has 0 radical (unpaired) electrons. The molecular formula is C33H22N2S. The Morgan fingerprint density at radius 2 is 1.08 bits per heavy atom. The maximum atomic E-state index is 5.08. The molecule has 0 saturated carbocycles. The van der Waals surface area contributed by atoms with Crippen molar-refractivity contribution in [2.75, 3.05) is 0 Å². The van der Waals surface area contributed by atoms with Crippen molar-refractivity contribution in [1.29, 1.82) is 0 Å². The first-order chi connectivity index (χ1) is 17.9. The van der Waals surface area contributed by atoms with Gasteiger partial charge in [0.15, 0.2) is 0 Å². The summed E-state index contributed by atoms with van der Waals surface area (Å²) in [7, 11) is 0. The van der Waals surface area contributed by atoms with Gasteiger partial charge in [0, 0.05) is 33.0 Å². The SMILES string of the molecule is c1ccc(-c2ccccc2-c2sc(-c3c(-c4ccccc4)nc4ccccn34)c3ccccc23)cc1. The van der Waals surface area contributed by atoms with Gasteiger partial charge in [-0.25, -0.2) is 4.98 Å². The van der Waals surface area contributed by atoms with E-state index in [9.17, 15) is 0 Å². The van der Waals surface area contributed by atoms with Gasteiger partial charge in [-0.15, -0.1) is 11.3 Å². The predicted octanol–water partition coefficient (Wildman–Crippen LogP) is 9.22. The van der Waals surface area contributed by atoms with Crippen molar-refractivity contribution in [3.63, 3.8) is 0 Å². The fourth-order valence-corrected chi connectivity index (χ4v) is 6.39. The van der Waals surface area contributed by atoms with Crippen LogP contribution in [0, 0.1) is 0 Å². The van der Waals surface area contributed by atoms with Gasteiger partial charge in [0.05, 0.1) is 16.3 Å². The summed E-state index contributed by atoms with van der Waals surface area (Å²) in [6.45, 7) is 0. The van der Waals surface area contributed by atoms with E-state index in [4.69, 9.17) is 4.98 Å². The van der Waals surface area contributed by atoms with E-state index in [0.29, 0.717) is 0 Å². The van der Waals surface area contributed by atoms with Crippen molar-refractivity contribution in [3.05, 3.63) is 134 Å². The van der Waals surface area contributed by atoms with E-state index in [-0.39, 0.29) is 0 Å². The third kappa shape index (κ3) is 3.36. The summed E-state index contributed by atoms with van der Waals surface area (Å²) in [5, 5.41) is 2.52. The topological polar surface area (TPSA) is 17.3 Å². The van der Waals surface area contributed by atoms with E-state index in [1.807, 2.05) is 11.3 Å². The molecule has 0 aliphatic heterocycles. The summed E-state index contributed by atoms with van der Waals surface area (Å²) in [5.41, 5.74) is 7.96. The molecule has 0 unspecified atom stereocenters. The van der Waals surface area contributed by atoms with Gasteiger partial charge in [-0.1, -0.05) is 115 Å². The molecule has 36 heavy (non-hydrogen) atoms. The molecule has 0 spiro atoms. The third-order valence-corrected chi connectivity index (χ3v) is 7.93. The minimum atomic E-state index is 0.954. The van der Waals surface area contributed by atoms with Crippen LogP contribution in [-0.4, -0.2) is 9.38 Å². The predicted molar refractivity (Wildman–Crippen MR) is 152 cm³/mol. The molecule has 3 aromatic heterocycles. The van der Waals surface area contributed by atoms with Crippen molar-refractivity contribution in [1.82, 2.24) is 9.38 Å². The van der Waals surface area contributed by atoms with E-state index in [1.165, 1.54) is 37.2 Å². The van der Waals surface area contributed by atoms with Gasteiger partial charge in [-0.2, -0.15) is 0 Å². The summed E-state index contributed by atoms with van der Waals surface area (Å²) < 4.78 is 2.23. The lowest BCUT2D eigenvalue weighted by atomic mass is 9.97. The van der Waals surface area contributed by atoms with Gasteiger partial charge in [0.1, 0.15) is 5.65 Å². The minimum absolute atomic E-state index is 0.954. The molecule has 4 aromatic carbocycles. The number of thiophene rings is 1. The van der Waals surface area contributed by atoms with Crippen molar-refractivity contribution < 1.29 is 0 Å². The molecule has 0 N–H and O–H groups in total. The van der Waals surface area contributed by atoms with E-state index >= 15 is 0 Å². The molecule has 7 rings (SSSR count). The zero-order valence-electron chi connectivity index (χ0n) is 19.5. The lowest BCUT2D eigenvalue weighted by molar-refractivity contribution is 1.20. The third-order valence-electron chi connectivity index (χ3n) is 6.67. The van der Waals surface area contributed by atoms with Crippen LogP contribution in [0.4, 0.5) is 0 Å². The Bertz CT molecular complexity index is 1830. The van der Waals surface area contributed by atoms with Crippen molar-refractivity contribution in [2.45, 2.75) is 0 Å². The maximum Gasteiger partial charge on any atom is 0.137 e. The molecular weight excluding hydrogens is 456 g/mol. The molecule has 0 saturated heterocycles. The number of nitrogens with zero attached hydrogens (tertiary/aromatic N) is 2. The van der Waals surface area contributed by atoms with Crippen LogP contribution in [0.15, 0.2) is 134 Å². The lowest BCUT2D eigenvalue weighted by Crippen LogP contribution is -1.87. The lowest BCUT2D eigenvalue weighted by Gasteiger charge is -2.09. The number of imidazole rings is 1.